The van der Waals surface area contributed by atoms with Gasteiger partial charge < -0.3 is 14.6 Å². The van der Waals surface area contributed by atoms with E-state index >= 15 is 0 Å². The topological polar surface area (TPSA) is 55.8 Å². The van der Waals surface area contributed by atoms with Gasteiger partial charge in [-0.1, -0.05) is 30.3 Å². The van der Waals surface area contributed by atoms with Gasteiger partial charge in [-0.15, -0.1) is 0 Å². The summed E-state index contributed by atoms with van der Waals surface area (Å²) >= 11 is 0. The Labute approximate surface area is 93.1 Å². The number of ether oxygens (including phenoxy) is 2. The van der Waals surface area contributed by atoms with Gasteiger partial charge in [0.15, 0.2) is 11.9 Å². The fraction of sp³-hybridized carbons (Fsp3) is 0.250. The summed E-state index contributed by atoms with van der Waals surface area (Å²) < 4.78 is 10.0. The second-order valence-corrected chi connectivity index (χ2v) is 3.54. The van der Waals surface area contributed by atoms with Crippen molar-refractivity contribution in [2.24, 2.45) is 0 Å². The Hall–Kier alpha value is -1.97. The zero-order valence-electron chi connectivity index (χ0n) is 8.84. The van der Waals surface area contributed by atoms with Gasteiger partial charge >= 0.3 is 5.97 Å². The second-order valence-electron chi connectivity index (χ2n) is 3.54. The third-order valence-electron chi connectivity index (χ3n) is 2.31. The summed E-state index contributed by atoms with van der Waals surface area (Å²) in [6.45, 7) is 1.83. The maximum Gasteiger partial charge on any atom is 0.378 e. The molecule has 1 aliphatic rings. The third kappa shape index (κ3) is 2.00. The van der Waals surface area contributed by atoms with Crippen LogP contribution in [-0.2, 0) is 20.9 Å². The molecule has 0 radical (unpaired) electrons. The molecule has 1 unspecified atom stereocenters. The van der Waals surface area contributed by atoms with E-state index in [4.69, 9.17) is 9.47 Å². The number of hydrogen-bond acceptors (Lipinski definition) is 4. The lowest BCUT2D eigenvalue weighted by Crippen LogP contribution is -2.06. The monoisotopic (exact) mass is 220 g/mol. The summed E-state index contributed by atoms with van der Waals surface area (Å²) in [6.07, 6.45) is -0.613. The minimum absolute atomic E-state index is 0.0867. The van der Waals surface area contributed by atoms with E-state index in [1.54, 1.807) is 6.92 Å². The van der Waals surface area contributed by atoms with E-state index in [2.05, 4.69) is 0 Å². The zero-order chi connectivity index (χ0) is 11.5. The molecule has 0 spiro atoms. The highest BCUT2D eigenvalue weighted by atomic mass is 16.6. The van der Waals surface area contributed by atoms with Crippen LogP contribution < -0.4 is 0 Å². The lowest BCUT2D eigenvalue weighted by atomic mass is 10.2. The second kappa shape index (κ2) is 4.26. The van der Waals surface area contributed by atoms with Crippen molar-refractivity contribution >= 4 is 5.97 Å². The van der Waals surface area contributed by atoms with Gasteiger partial charge in [0.25, 0.3) is 0 Å². The Morgan fingerprint density at radius 3 is 2.62 bits per heavy atom. The number of cyclic esters (lactones) is 1. The normalized spacial score (nSPS) is 19.8. The van der Waals surface area contributed by atoms with Crippen molar-refractivity contribution in [2.45, 2.75) is 19.6 Å². The van der Waals surface area contributed by atoms with Crippen LogP contribution in [0.2, 0.25) is 0 Å². The van der Waals surface area contributed by atoms with Crippen molar-refractivity contribution < 1.29 is 19.4 Å². The summed E-state index contributed by atoms with van der Waals surface area (Å²) in [5.74, 6) is -0.835. The fourth-order valence-corrected chi connectivity index (χ4v) is 1.42. The zero-order valence-corrected chi connectivity index (χ0v) is 8.84. The Kier molecular flexibility index (Phi) is 2.81. The predicted octanol–water partition coefficient (Wildman–Crippen LogP) is 1.92. The average molecular weight is 220 g/mol. The molecule has 1 aromatic rings. The van der Waals surface area contributed by atoms with Crippen molar-refractivity contribution in [1.29, 1.82) is 0 Å². The largest absolute Gasteiger partial charge is 0.505 e. The van der Waals surface area contributed by atoms with Gasteiger partial charge in [0.05, 0.1) is 0 Å². The maximum absolute atomic E-state index is 11.3. The van der Waals surface area contributed by atoms with E-state index in [1.165, 1.54) is 0 Å². The highest BCUT2D eigenvalue weighted by Crippen LogP contribution is 2.22. The summed E-state index contributed by atoms with van der Waals surface area (Å²) in [7, 11) is 0. The highest BCUT2D eigenvalue weighted by molar-refractivity contribution is 5.89. The molecule has 4 heteroatoms. The average Bonchev–Trinajstić information content (AvgIpc) is 2.53. The molecule has 4 nitrogen and oxygen atoms in total. The van der Waals surface area contributed by atoms with Gasteiger partial charge in [0.2, 0.25) is 5.76 Å². The lowest BCUT2D eigenvalue weighted by molar-refractivity contribution is -0.142. The molecular formula is C12H12O4. The van der Waals surface area contributed by atoms with E-state index in [-0.39, 0.29) is 18.1 Å². The molecule has 0 fully saturated rings. The molecule has 1 N–H and O–H groups in total. The van der Waals surface area contributed by atoms with Gasteiger partial charge in [-0.3, -0.25) is 0 Å². The molecule has 0 bridgehead atoms. The Bertz CT molecular complexity index is 422. The molecule has 1 aliphatic heterocycles. The predicted molar refractivity (Wildman–Crippen MR) is 56.4 cm³/mol. The number of aliphatic hydroxyl groups excluding tert-OH is 1. The number of rotatable bonds is 3. The first-order valence-corrected chi connectivity index (χ1v) is 4.99. The van der Waals surface area contributed by atoms with E-state index in [9.17, 15) is 9.90 Å². The molecule has 0 saturated carbocycles. The van der Waals surface area contributed by atoms with Crippen LogP contribution in [0, 0.1) is 0 Å². The maximum atomic E-state index is 11.3. The Morgan fingerprint density at radius 2 is 2.06 bits per heavy atom. The van der Waals surface area contributed by atoms with E-state index in [1.807, 2.05) is 30.3 Å². The highest BCUT2D eigenvalue weighted by Gasteiger charge is 2.32. The summed E-state index contributed by atoms with van der Waals surface area (Å²) in [5, 5.41) is 9.51. The van der Waals surface area contributed by atoms with Crippen LogP contribution in [0.1, 0.15) is 12.5 Å². The van der Waals surface area contributed by atoms with Crippen molar-refractivity contribution in [3.8, 4) is 0 Å². The molecule has 84 valence electrons. The number of benzene rings is 1. The lowest BCUT2D eigenvalue weighted by Gasteiger charge is -2.04. The molecule has 2 rings (SSSR count). The smallest absolute Gasteiger partial charge is 0.378 e. The van der Waals surface area contributed by atoms with E-state index in [0.717, 1.165) is 5.56 Å². The molecule has 0 aromatic heterocycles. The van der Waals surface area contributed by atoms with Gasteiger partial charge in [-0.05, 0) is 12.5 Å². The van der Waals surface area contributed by atoms with Gasteiger partial charge in [0.1, 0.15) is 6.61 Å². The summed E-state index contributed by atoms with van der Waals surface area (Å²) in [5.41, 5.74) is 0.926. The molecule has 0 amide bonds. The quantitative estimate of drug-likeness (QED) is 0.790. The van der Waals surface area contributed by atoms with Crippen molar-refractivity contribution in [3.63, 3.8) is 0 Å². The number of hydrogen-bond donors (Lipinski definition) is 1. The van der Waals surface area contributed by atoms with Crippen LogP contribution in [0.4, 0.5) is 0 Å². The number of carbonyl (C=O) groups excluding carboxylic acids is 1. The van der Waals surface area contributed by atoms with E-state index in [0.29, 0.717) is 0 Å². The van der Waals surface area contributed by atoms with Crippen LogP contribution >= 0.6 is 0 Å². The van der Waals surface area contributed by atoms with Crippen LogP contribution in [0.5, 0.6) is 0 Å². The molecule has 16 heavy (non-hydrogen) atoms. The van der Waals surface area contributed by atoms with Crippen LogP contribution in [-0.4, -0.2) is 17.2 Å². The van der Waals surface area contributed by atoms with Gasteiger partial charge in [-0.2, -0.15) is 0 Å². The third-order valence-corrected chi connectivity index (χ3v) is 2.31. The van der Waals surface area contributed by atoms with Crippen LogP contribution in [0.15, 0.2) is 41.9 Å². The molecule has 0 aliphatic carbocycles. The van der Waals surface area contributed by atoms with Crippen LogP contribution in [0.25, 0.3) is 0 Å². The molecule has 1 aromatic carbocycles. The first-order valence-electron chi connectivity index (χ1n) is 4.99. The fourth-order valence-electron chi connectivity index (χ4n) is 1.42. The number of esters is 1. The molecular weight excluding hydrogens is 208 g/mol. The number of carbonyl (C=O) groups is 1. The first kappa shape index (κ1) is 10.5. The Morgan fingerprint density at radius 1 is 1.38 bits per heavy atom. The minimum Gasteiger partial charge on any atom is -0.505 e. The van der Waals surface area contributed by atoms with E-state index < -0.39 is 12.1 Å². The van der Waals surface area contributed by atoms with Crippen LogP contribution in [0.3, 0.4) is 0 Å². The number of aliphatic hydroxyl groups is 1. The van der Waals surface area contributed by atoms with Gasteiger partial charge in [0, 0.05) is 0 Å². The SMILES string of the molecule is CC1OC(=O)C(OCc2ccccc2)=C1O. The van der Waals surface area contributed by atoms with Gasteiger partial charge in [-0.25, -0.2) is 4.79 Å². The first-order chi connectivity index (χ1) is 7.68. The summed E-state index contributed by atoms with van der Waals surface area (Å²) in [6, 6.07) is 9.40. The van der Waals surface area contributed by atoms with Crippen molar-refractivity contribution in [1.82, 2.24) is 0 Å². The molecule has 1 heterocycles. The Balaban J connectivity index is 2.04. The summed E-state index contributed by atoms with van der Waals surface area (Å²) in [4.78, 5) is 11.3. The molecule has 0 saturated heterocycles. The standard InChI is InChI=1S/C12H12O4/c1-8-10(13)11(12(14)16-8)15-7-9-5-3-2-4-6-9/h2-6,8,13H,7H2,1H3. The van der Waals surface area contributed by atoms with Crippen molar-refractivity contribution in [3.05, 3.63) is 47.4 Å². The molecule has 1 atom stereocenters. The van der Waals surface area contributed by atoms with Crippen molar-refractivity contribution in [2.75, 3.05) is 0 Å². The minimum atomic E-state index is -0.613.